The highest BCUT2D eigenvalue weighted by Gasteiger charge is 2.14. The summed E-state index contributed by atoms with van der Waals surface area (Å²) in [4.78, 5) is 36.7. The fourth-order valence-corrected chi connectivity index (χ4v) is 3.06. The number of esters is 1. The second kappa shape index (κ2) is 12.9. The van der Waals surface area contributed by atoms with Crippen molar-refractivity contribution in [1.29, 1.82) is 0 Å². The van der Waals surface area contributed by atoms with Crippen molar-refractivity contribution in [3.63, 3.8) is 0 Å². The van der Waals surface area contributed by atoms with E-state index in [2.05, 4.69) is 15.8 Å². The molecule has 0 saturated carbocycles. The lowest BCUT2D eigenvalue weighted by molar-refractivity contribution is -0.118. The zero-order valence-electron chi connectivity index (χ0n) is 21.1. The van der Waals surface area contributed by atoms with E-state index in [1.165, 1.54) is 6.21 Å². The van der Waals surface area contributed by atoms with Gasteiger partial charge in [-0.1, -0.05) is 13.8 Å². The molecule has 9 heteroatoms. The van der Waals surface area contributed by atoms with Crippen LogP contribution >= 0.6 is 0 Å². The van der Waals surface area contributed by atoms with Gasteiger partial charge in [0.2, 0.25) is 5.91 Å². The highest BCUT2D eigenvalue weighted by molar-refractivity contribution is 5.96. The molecule has 0 aliphatic carbocycles. The Morgan fingerprint density at radius 3 is 2.22 bits per heavy atom. The molecule has 3 aromatic carbocycles. The predicted molar refractivity (Wildman–Crippen MR) is 141 cm³/mol. The van der Waals surface area contributed by atoms with Crippen LogP contribution < -0.4 is 25.0 Å². The molecule has 0 aromatic heterocycles. The zero-order chi connectivity index (χ0) is 26.8. The standard InChI is InChI=1S/C28H29N3O6/c1-5-36-25-16-19(6-15-24(25)37-28(34)21-9-13-23(35-4)14-10-21)17-29-31-27(33)20-7-11-22(12-8-20)30-26(32)18(2)3/h6-18H,5H2,1-4H3,(H,30,32)(H,31,33)/b29-17+. The molecular weight excluding hydrogens is 474 g/mol. The lowest BCUT2D eigenvalue weighted by Gasteiger charge is -2.11. The van der Waals surface area contributed by atoms with Gasteiger partial charge in [-0.15, -0.1) is 0 Å². The Morgan fingerprint density at radius 2 is 1.59 bits per heavy atom. The molecule has 3 rings (SSSR count). The maximum absolute atomic E-state index is 12.5. The van der Waals surface area contributed by atoms with E-state index in [4.69, 9.17) is 14.2 Å². The largest absolute Gasteiger partial charge is 0.497 e. The smallest absolute Gasteiger partial charge is 0.343 e. The molecule has 2 N–H and O–H groups in total. The molecule has 0 radical (unpaired) electrons. The van der Waals surface area contributed by atoms with E-state index in [9.17, 15) is 14.4 Å². The summed E-state index contributed by atoms with van der Waals surface area (Å²) in [6, 6.07) is 18.0. The summed E-state index contributed by atoms with van der Waals surface area (Å²) in [6.07, 6.45) is 1.45. The second-order valence-electron chi connectivity index (χ2n) is 8.18. The molecule has 0 saturated heterocycles. The average Bonchev–Trinajstić information content (AvgIpc) is 2.90. The van der Waals surface area contributed by atoms with Crippen molar-refractivity contribution >= 4 is 29.7 Å². The first-order chi connectivity index (χ1) is 17.8. The molecule has 0 heterocycles. The topological polar surface area (TPSA) is 115 Å². The molecule has 0 spiro atoms. The fourth-order valence-electron chi connectivity index (χ4n) is 3.06. The van der Waals surface area contributed by atoms with E-state index in [0.29, 0.717) is 40.5 Å². The number of nitrogens with one attached hydrogen (secondary N) is 2. The molecular formula is C28H29N3O6. The number of hydrogen-bond acceptors (Lipinski definition) is 7. The number of carbonyl (C=O) groups is 3. The van der Waals surface area contributed by atoms with Crippen LogP contribution in [-0.4, -0.2) is 37.7 Å². The number of ether oxygens (including phenoxy) is 3. The molecule has 192 valence electrons. The van der Waals surface area contributed by atoms with Crippen LogP contribution in [0.25, 0.3) is 0 Å². The molecule has 0 atom stereocenters. The Labute approximate surface area is 215 Å². The summed E-state index contributed by atoms with van der Waals surface area (Å²) < 4.78 is 16.2. The van der Waals surface area contributed by atoms with Crippen molar-refractivity contribution in [3.05, 3.63) is 83.4 Å². The lowest BCUT2D eigenvalue weighted by Crippen LogP contribution is -2.19. The van der Waals surface area contributed by atoms with Gasteiger partial charge in [-0.05, 0) is 79.2 Å². The van der Waals surface area contributed by atoms with Crippen molar-refractivity contribution in [2.75, 3.05) is 19.0 Å². The Balaban J connectivity index is 1.63. The van der Waals surface area contributed by atoms with Gasteiger partial charge in [0.05, 0.1) is 25.5 Å². The normalized spacial score (nSPS) is 10.7. The van der Waals surface area contributed by atoms with Crippen molar-refractivity contribution in [2.45, 2.75) is 20.8 Å². The first-order valence-corrected chi connectivity index (χ1v) is 11.7. The molecule has 0 bridgehead atoms. The molecule has 0 fully saturated rings. The Morgan fingerprint density at radius 1 is 0.919 bits per heavy atom. The number of anilines is 1. The number of nitrogens with zero attached hydrogens (tertiary/aromatic N) is 1. The highest BCUT2D eigenvalue weighted by Crippen LogP contribution is 2.29. The lowest BCUT2D eigenvalue weighted by atomic mass is 10.1. The number of hydrazone groups is 1. The molecule has 2 amide bonds. The maximum atomic E-state index is 12.5. The zero-order valence-corrected chi connectivity index (χ0v) is 21.1. The minimum absolute atomic E-state index is 0.102. The van der Waals surface area contributed by atoms with Crippen LogP contribution in [0.2, 0.25) is 0 Å². The van der Waals surface area contributed by atoms with Crippen molar-refractivity contribution < 1.29 is 28.6 Å². The Hall–Kier alpha value is -4.66. The number of methoxy groups -OCH3 is 1. The van der Waals surface area contributed by atoms with Crippen molar-refractivity contribution in [3.8, 4) is 17.2 Å². The van der Waals surface area contributed by atoms with Gasteiger partial charge >= 0.3 is 5.97 Å². The molecule has 0 unspecified atom stereocenters. The third kappa shape index (κ3) is 7.66. The van der Waals surface area contributed by atoms with E-state index in [1.54, 1.807) is 87.7 Å². The molecule has 37 heavy (non-hydrogen) atoms. The SMILES string of the molecule is CCOc1cc(/C=N/NC(=O)c2ccc(NC(=O)C(C)C)cc2)ccc1OC(=O)c1ccc(OC)cc1. The van der Waals surface area contributed by atoms with Crippen molar-refractivity contribution in [1.82, 2.24) is 5.43 Å². The number of amides is 2. The molecule has 9 nitrogen and oxygen atoms in total. The van der Waals surface area contributed by atoms with Crippen LogP contribution in [0, 0.1) is 5.92 Å². The quantitative estimate of drug-likeness (QED) is 0.180. The Bertz CT molecular complexity index is 1270. The monoisotopic (exact) mass is 503 g/mol. The van der Waals surface area contributed by atoms with Crippen LogP contribution in [0.15, 0.2) is 71.8 Å². The van der Waals surface area contributed by atoms with Crippen LogP contribution in [0.3, 0.4) is 0 Å². The molecule has 0 aliphatic heterocycles. The van der Waals surface area contributed by atoms with Gasteiger partial charge in [0.1, 0.15) is 5.75 Å². The van der Waals surface area contributed by atoms with Gasteiger partial charge < -0.3 is 19.5 Å². The first kappa shape index (κ1) is 26.9. The summed E-state index contributed by atoms with van der Waals surface area (Å²) in [6.45, 7) is 5.78. The number of rotatable bonds is 10. The van der Waals surface area contributed by atoms with Gasteiger partial charge in [-0.2, -0.15) is 5.10 Å². The van der Waals surface area contributed by atoms with Crippen LogP contribution in [-0.2, 0) is 4.79 Å². The van der Waals surface area contributed by atoms with Crippen molar-refractivity contribution in [2.24, 2.45) is 11.0 Å². The van der Waals surface area contributed by atoms with E-state index in [0.717, 1.165) is 0 Å². The highest BCUT2D eigenvalue weighted by atomic mass is 16.6. The van der Waals surface area contributed by atoms with Crippen LogP contribution in [0.4, 0.5) is 5.69 Å². The summed E-state index contributed by atoms with van der Waals surface area (Å²) in [5, 5.41) is 6.77. The van der Waals surface area contributed by atoms with E-state index < -0.39 is 11.9 Å². The third-order valence-corrected chi connectivity index (χ3v) is 5.11. The number of hydrogen-bond donors (Lipinski definition) is 2. The van der Waals surface area contributed by atoms with Gasteiger partial charge in [0.25, 0.3) is 5.91 Å². The fraction of sp³-hybridized carbons (Fsp3) is 0.214. The average molecular weight is 504 g/mol. The van der Waals surface area contributed by atoms with Gasteiger partial charge in [0, 0.05) is 17.2 Å². The molecule has 0 aliphatic rings. The second-order valence-corrected chi connectivity index (χ2v) is 8.18. The predicted octanol–water partition coefficient (Wildman–Crippen LogP) is 4.67. The summed E-state index contributed by atoms with van der Waals surface area (Å²) >= 11 is 0. The minimum Gasteiger partial charge on any atom is -0.497 e. The summed E-state index contributed by atoms with van der Waals surface area (Å²) in [7, 11) is 1.55. The Kier molecular flexibility index (Phi) is 9.37. The summed E-state index contributed by atoms with van der Waals surface area (Å²) in [5.41, 5.74) is 4.45. The number of carbonyl (C=O) groups excluding carboxylic acids is 3. The van der Waals surface area contributed by atoms with Crippen LogP contribution in [0.1, 0.15) is 47.1 Å². The number of benzene rings is 3. The minimum atomic E-state index is -0.535. The van der Waals surface area contributed by atoms with E-state index in [1.807, 2.05) is 6.92 Å². The first-order valence-electron chi connectivity index (χ1n) is 11.7. The maximum Gasteiger partial charge on any atom is 0.343 e. The summed E-state index contributed by atoms with van der Waals surface area (Å²) in [5.74, 6) is 0.0617. The third-order valence-electron chi connectivity index (χ3n) is 5.11. The van der Waals surface area contributed by atoms with E-state index >= 15 is 0 Å². The van der Waals surface area contributed by atoms with Crippen LogP contribution in [0.5, 0.6) is 17.2 Å². The van der Waals surface area contributed by atoms with Gasteiger partial charge in [0.15, 0.2) is 11.5 Å². The van der Waals surface area contributed by atoms with Gasteiger partial charge in [-0.3, -0.25) is 9.59 Å². The van der Waals surface area contributed by atoms with E-state index in [-0.39, 0.29) is 17.6 Å². The molecule has 3 aromatic rings. The van der Waals surface area contributed by atoms with Gasteiger partial charge in [-0.25, -0.2) is 10.2 Å².